The van der Waals surface area contributed by atoms with Gasteiger partial charge in [0.1, 0.15) is 0 Å². The van der Waals surface area contributed by atoms with E-state index in [0.717, 1.165) is 38.2 Å². The van der Waals surface area contributed by atoms with Crippen molar-refractivity contribution in [2.45, 2.75) is 37.2 Å². The Hall–Kier alpha value is -0.890. The summed E-state index contributed by atoms with van der Waals surface area (Å²) >= 11 is 0. The molecule has 2 N–H and O–H groups in total. The fraction of sp³-hybridized carbons (Fsp3) is 0.714. The van der Waals surface area contributed by atoms with Crippen LogP contribution in [0, 0.1) is 0 Å². The minimum atomic E-state index is -3.42. The van der Waals surface area contributed by atoms with Gasteiger partial charge < -0.3 is 14.8 Å². The molecule has 1 fully saturated rings. The van der Waals surface area contributed by atoms with Gasteiger partial charge in [0.25, 0.3) is 0 Å². The Morgan fingerprint density at radius 1 is 1.29 bits per heavy atom. The van der Waals surface area contributed by atoms with Crippen LogP contribution in [0.4, 0.5) is 0 Å². The van der Waals surface area contributed by atoms with Crippen molar-refractivity contribution in [2.75, 3.05) is 26.7 Å². The molecule has 0 bridgehead atoms. The van der Waals surface area contributed by atoms with Gasteiger partial charge in [0.2, 0.25) is 10.0 Å². The Balaban J connectivity index is 2.05. The molecule has 0 amide bonds. The molecule has 6 nitrogen and oxygen atoms in total. The Morgan fingerprint density at radius 2 is 1.95 bits per heavy atom. The molecule has 2 heterocycles. The second-order valence-corrected chi connectivity index (χ2v) is 7.47. The number of nitrogens with zero attached hydrogens (tertiary/aromatic N) is 2. The van der Waals surface area contributed by atoms with Crippen molar-refractivity contribution >= 4 is 10.0 Å². The Bertz CT molecular complexity index is 560. The molecule has 0 aliphatic carbocycles. The van der Waals surface area contributed by atoms with Crippen LogP contribution in [-0.2, 0) is 23.6 Å². The molecule has 120 valence electrons. The SMILES string of the molecule is CCNCc1cc(S(=O)(=O)NC2CCN(C)CC2)cn1C. The molecule has 0 spiro atoms. The molecule has 7 heteroatoms. The molecule has 1 saturated heterocycles. The normalized spacial score (nSPS) is 18.2. The first kappa shape index (κ1) is 16.5. The number of rotatable bonds is 6. The Kier molecular flexibility index (Phi) is 5.43. The van der Waals surface area contributed by atoms with Crippen molar-refractivity contribution in [3.63, 3.8) is 0 Å². The van der Waals surface area contributed by atoms with Gasteiger partial charge >= 0.3 is 0 Å². The highest BCUT2D eigenvalue weighted by atomic mass is 32.2. The fourth-order valence-electron chi connectivity index (χ4n) is 2.57. The highest BCUT2D eigenvalue weighted by Crippen LogP contribution is 2.16. The van der Waals surface area contributed by atoms with Crippen LogP contribution in [0.15, 0.2) is 17.2 Å². The summed E-state index contributed by atoms with van der Waals surface area (Å²) in [5.74, 6) is 0. The zero-order valence-corrected chi connectivity index (χ0v) is 13.9. The lowest BCUT2D eigenvalue weighted by Crippen LogP contribution is -2.43. The quantitative estimate of drug-likeness (QED) is 0.803. The maximum atomic E-state index is 12.5. The molecule has 0 saturated carbocycles. The Morgan fingerprint density at radius 3 is 2.57 bits per heavy atom. The van der Waals surface area contributed by atoms with E-state index in [1.54, 1.807) is 12.3 Å². The molecule has 1 aliphatic heterocycles. The summed E-state index contributed by atoms with van der Waals surface area (Å²) in [6.45, 7) is 5.45. The minimum Gasteiger partial charge on any atom is -0.352 e. The lowest BCUT2D eigenvalue weighted by Gasteiger charge is -2.29. The third-order valence-corrected chi connectivity index (χ3v) is 5.48. The average molecular weight is 314 g/mol. The number of sulfonamides is 1. The van der Waals surface area contributed by atoms with E-state index in [2.05, 4.69) is 22.0 Å². The van der Waals surface area contributed by atoms with Gasteiger partial charge in [-0.15, -0.1) is 0 Å². The van der Waals surface area contributed by atoms with Crippen LogP contribution in [0.2, 0.25) is 0 Å². The summed E-state index contributed by atoms with van der Waals surface area (Å²) in [6, 6.07) is 1.79. The predicted molar refractivity (Wildman–Crippen MR) is 83.6 cm³/mol. The molecule has 1 aromatic heterocycles. The van der Waals surface area contributed by atoms with Gasteiger partial charge in [-0.3, -0.25) is 0 Å². The lowest BCUT2D eigenvalue weighted by atomic mass is 10.1. The second kappa shape index (κ2) is 6.91. The molecule has 21 heavy (non-hydrogen) atoms. The third kappa shape index (κ3) is 4.29. The van der Waals surface area contributed by atoms with E-state index < -0.39 is 10.0 Å². The first-order chi connectivity index (χ1) is 9.92. The van der Waals surface area contributed by atoms with E-state index >= 15 is 0 Å². The minimum absolute atomic E-state index is 0.0450. The second-order valence-electron chi connectivity index (χ2n) is 5.76. The van der Waals surface area contributed by atoms with Crippen LogP contribution < -0.4 is 10.0 Å². The summed E-state index contributed by atoms with van der Waals surface area (Å²) in [5.41, 5.74) is 0.973. The number of nitrogens with one attached hydrogen (secondary N) is 2. The molecule has 2 rings (SSSR count). The van der Waals surface area contributed by atoms with Crippen LogP contribution >= 0.6 is 0 Å². The fourth-order valence-corrected chi connectivity index (χ4v) is 3.97. The highest BCUT2D eigenvalue weighted by Gasteiger charge is 2.24. The van der Waals surface area contributed by atoms with Gasteiger partial charge in [-0.2, -0.15) is 0 Å². The number of aromatic nitrogens is 1. The average Bonchev–Trinajstić information content (AvgIpc) is 2.81. The first-order valence-corrected chi connectivity index (χ1v) is 8.97. The van der Waals surface area contributed by atoms with Crippen LogP contribution in [0.25, 0.3) is 0 Å². The van der Waals surface area contributed by atoms with E-state index in [1.165, 1.54) is 0 Å². The van der Waals surface area contributed by atoms with E-state index in [-0.39, 0.29) is 6.04 Å². The maximum Gasteiger partial charge on any atom is 0.242 e. The molecule has 1 aliphatic rings. The standard InChI is InChI=1S/C14H26N4O2S/c1-4-15-10-13-9-14(11-18(13)3)21(19,20)16-12-5-7-17(2)8-6-12/h9,11-12,15-16H,4-8,10H2,1-3H3. The van der Waals surface area contributed by atoms with Gasteiger partial charge in [-0.1, -0.05) is 6.92 Å². The van der Waals surface area contributed by atoms with Crippen molar-refractivity contribution < 1.29 is 8.42 Å². The van der Waals surface area contributed by atoms with Crippen molar-refractivity contribution in [1.82, 2.24) is 19.5 Å². The van der Waals surface area contributed by atoms with E-state index in [4.69, 9.17) is 0 Å². The third-order valence-electron chi connectivity index (χ3n) is 3.99. The molecular weight excluding hydrogens is 288 g/mol. The van der Waals surface area contributed by atoms with Crippen molar-refractivity contribution in [3.05, 3.63) is 18.0 Å². The molecule has 0 radical (unpaired) electrons. The molecule has 0 unspecified atom stereocenters. The number of hydrogen-bond acceptors (Lipinski definition) is 4. The maximum absolute atomic E-state index is 12.5. The smallest absolute Gasteiger partial charge is 0.242 e. The van der Waals surface area contributed by atoms with Crippen LogP contribution in [0.3, 0.4) is 0 Å². The van der Waals surface area contributed by atoms with Crippen LogP contribution in [0.5, 0.6) is 0 Å². The summed E-state index contributed by atoms with van der Waals surface area (Å²) in [4.78, 5) is 2.58. The van der Waals surface area contributed by atoms with Crippen LogP contribution in [0.1, 0.15) is 25.5 Å². The van der Waals surface area contributed by atoms with E-state index in [0.29, 0.717) is 11.4 Å². The summed E-state index contributed by atoms with van der Waals surface area (Å²) in [7, 11) is 0.519. The van der Waals surface area contributed by atoms with Gasteiger partial charge in [-0.05, 0) is 45.6 Å². The monoisotopic (exact) mass is 314 g/mol. The zero-order valence-electron chi connectivity index (χ0n) is 13.1. The Labute approximate surface area is 127 Å². The van der Waals surface area contributed by atoms with Gasteiger partial charge in [0.15, 0.2) is 0 Å². The lowest BCUT2D eigenvalue weighted by molar-refractivity contribution is 0.248. The largest absolute Gasteiger partial charge is 0.352 e. The highest BCUT2D eigenvalue weighted by molar-refractivity contribution is 7.89. The van der Waals surface area contributed by atoms with E-state index in [1.807, 2.05) is 18.5 Å². The van der Waals surface area contributed by atoms with Crippen molar-refractivity contribution in [1.29, 1.82) is 0 Å². The van der Waals surface area contributed by atoms with Gasteiger partial charge in [0.05, 0.1) is 4.90 Å². The van der Waals surface area contributed by atoms with Crippen molar-refractivity contribution in [2.24, 2.45) is 7.05 Å². The van der Waals surface area contributed by atoms with E-state index in [9.17, 15) is 8.42 Å². The number of piperidine rings is 1. The summed E-state index contributed by atoms with van der Waals surface area (Å²) < 4.78 is 29.6. The van der Waals surface area contributed by atoms with Crippen molar-refractivity contribution in [3.8, 4) is 0 Å². The number of hydrogen-bond donors (Lipinski definition) is 2. The topological polar surface area (TPSA) is 66.4 Å². The number of likely N-dealkylation sites (tertiary alicyclic amines) is 1. The number of aryl methyl sites for hydroxylation is 1. The summed E-state index contributed by atoms with van der Waals surface area (Å²) in [5, 5.41) is 3.21. The van der Waals surface area contributed by atoms with Gasteiger partial charge in [0, 0.05) is 31.5 Å². The first-order valence-electron chi connectivity index (χ1n) is 7.49. The van der Waals surface area contributed by atoms with Crippen LogP contribution in [-0.4, -0.2) is 50.6 Å². The zero-order chi connectivity index (χ0) is 15.5. The molecule has 0 aromatic carbocycles. The molecule has 1 aromatic rings. The van der Waals surface area contributed by atoms with Gasteiger partial charge in [-0.25, -0.2) is 13.1 Å². The molecular formula is C14H26N4O2S. The molecule has 0 atom stereocenters. The summed E-state index contributed by atoms with van der Waals surface area (Å²) in [6.07, 6.45) is 3.42. The predicted octanol–water partition coefficient (Wildman–Crippen LogP) is 0.507.